The van der Waals surface area contributed by atoms with Crippen molar-refractivity contribution in [3.05, 3.63) is 28.8 Å². The molecule has 5 nitrogen and oxygen atoms in total. The fourth-order valence-corrected chi connectivity index (χ4v) is 2.24. The highest BCUT2D eigenvalue weighted by Crippen LogP contribution is 2.21. The van der Waals surface area contributed by atoms with Gasteiger partial charge in [0.05, 0.1) is 5.69 Å². The molecule has 2 aromatic heterocycles. The Morgan fingerprint density at radius 2 is 1.85 bits per heavy atom. The third-order valence-corrected chi connectivity index (χ3v) is 3.33. The lowest BCUT2D eigenvalue weighted by Crippen LogP contribution is -2.12. The van der Waals surface area contributed by atoms with Crippen LogP contribution in [0.4, 0.5) is 5.82 Å². The van der Waals surface area contributed by atoms with Gasteiger partial charge in [-0.15, -0.1) is 0 Å². The molecule has 0 unspecified atom stereocenters. The summed E-state index contributed by atoms with van der Waals surface area (Å²) in [4.78, 5) is 9.06. The number of rotatable bonds is 5. The second-order valence-electron chi connectivity index (χ2n) is 4.84. The first-order valence-electron chi connectivity index (χ1n) is 7.27. The Balaban J connectivity index is 2.59. The molecule has 0 aliphatic rings. The van der Waals surface area contributed by atoms with Gasteiger partial charge in [-0.25, -0.2) is 14.6 Å². The molecule has 1 N–H and O–H groups in total. The quantitative estimate of drug-likeness (QED) is 0.910. The van der Waals surface area contributed by atoms with E-state index in [0.717, 1.165) is 48.1 Å². The second kappa shape index (κ2) is 6.03. The van der Waals surface area contributed by atoms with Crippen molar-refractivity contribution in [1.82, 2.24) is 19.7 Å². The molecule has 0 radical (unpaired) electrons. The van der Waals surface area contributed by atoms with E-state index in [1.54, 1.807) is 0 Å². The molecule has 0 saturated heterocycles. The van der Waals surface area contributed by atoms with Crippen molar-refractivity contribution in [1.29, 1.82) is 0 Å². The van der Waals surface area contributed by atoms with E-state index >= 15 is 0 Å². The van der Waals surface area contributed by atoms with E-state index in [0.29, 0.717) is 0 Å². The predicted molar refractivity (Wildman–Crippen MR) is 81.5 cm³/mol. The van der Waals surface area contributed by atoms with Crippen LogP contribution < -0.4 is 5.32 Å². The molecule has 0 aliphatic heterocycles. The average Bonchev–Trinajstić information content (AvgIpc) is 2.86. The van der Waals surface area contributed by atoms with Crippen molar-refractivity contribution in [2.24, 2.45) is 0 Å². The number of hydrogen-bond donors (Lipinski definition) is 1. The number of anilines is 1. The minimum atomic E-state index is 0.761. The summed E-state index contributed by atoms with van der Waals surface area (Å²) >= 11 is 0. The van der Waals surface area contributed by atoms with Gasteiger partial charge in [-0.3, -0.25) is 0 Å². The van der Waals surface area contributed by atoms with Crippen molar-refractivity contribution < 1.29 is 0 Å². The molecule has 2 heterocycles. The van der Waals surface area contributed by atoms with Crippen molar-refractivity contribution >= 4 is 5.82 Å². The van der Waals surface area contributed by atoms with E-state index in [1.807, 2.05) is 18.5 Å². The van der Waals surface area contributed by atoms with Gasteiger partial charge >= 0.3 is 0 Å². The zero-order valence-electron chi connectivity index (χ0n) is 13.0. The zero-order chi connectivity index (χ0) is 14.7. The van der Waals surface area contributed by atoms with Crippen LogP contribution in [0.1, 0.15) is 43.5 Å². The molecule has 20 heavy (non-hydrogen) atoms. The summed E-state index contributed by atoms with van der Waals surface area (Å²) in [6.45, 7) is 11.1. The van der Waals surface area contributed by atoms with Gasteiger partial charge in [0, 0.05) is 17.8 Å². The third-order valence-electron chi connectivity index (χ3n) is 3.33. The van der Waals surface area contributed by atoms with Gasteiger partial charge in [0.2, 0.25) is 0 Å². The van der Waals surface area contributed by atoms with Crippen LogP contribution in [0.5, 0.6) is 0 Å². The maximum Gasteiger partial charge on any atom is 0.162 e. The second-order valence-corrected chi connectivity index (χ2v) is 4.84. The Hall–Kier alpha value is -1.91. The van der Waals surface area contributed by atoms with Crippen molar-refractivity contribution in [3.8, 4) is 5.82 Å². The topological polar surface area (TPSA) is 55.6 Å². The SMILES string of the molecule is CCNc1nc(C)nc(-n2nc(CC)cc2CC)c1C. The third kappa shape index (κ3) is 2.66. The summed E-state index contributed by atoms with van der Waals surface area (Å²) < 4.78 is 1.96. The summed E-state index contributed by atoms with van der Waals surface area (Å²) in [5, 5.41) is 7.96. The Morgan fingerprint density at radius 3 is 2.45 bits per heavy atom. The molecular formula is C15H23N5. The van der Waals surface area contributed by atoms with Gasteiger partial charge in [0.25, 0.3) is 0 Å². The van der Waals surface area contributed by atoms with Crippen LogP contribution in [0.15, 0.2) is 6.07 Å². The van der Waals surface area contributed by atoms with E-state index < -0.39 is 0 Å². The molecule has 0 atom stereocenters. The molecule has 0 fully saturated rings. The van der Waals surface area contributed by atoms with E-state index in [2.05, 4.69) is 47.2 Å². The molecule has 0 aromatic carbocycles. The van der Waals surface area contributed by atoms with Crippen LogP contribution in [0.25, 0.3) is 5.82 Å². The van der Waals surface area contributed by atoms with Crippen LogP contribution in [0.3, 0.4) is 0 Å². The fraction of sp³-hybridized carbons (Fsp3) is 0.533. The highest BCUT2D eigenvalue weighted by Gasteiger charge is 2.14. The fourth-order valence-electron chi connectivity index (χ4n) is 2.24. The van der Waals surface area contributed by atoms with Crippen LogP contribution in [-0.4, -0.2) is 26.3 Å². The lowest BCUT2D eigenvalue weighted by atomic mass is 10.2. The molecular weight excluding hydrogens is 250 g/mol. The molecule has 2 aromatic rings. The largest absolute Gasteiger partial charge is 0.370 e. The Bertz CT molecular complexity index is 601. The van der Waals surface area contributed by atoms with Gasteiger partial charge < -0.3 is 5.32 Å². The molecule has 0 spiro atoms. The highest BCUT2D eigenvalue weighted by atomic mass is 15.3. The molecule has 0 aliphatic carbocycles. The Labute approximate surface area is 120 Å². The standard InChI is InChI=1S/C15H23N5/c1-6-12-9-13(7-2)20(19-12)15-10(4)14(16-8-3)17-11(5)18-15/h9H,6-8H2,1-5H3,(H,16,17,18). The maximum absolute atomic E-state index is 4.67. The number of hydrogen-bond acceptors (Lipinski definition) is 4. The summed E-state index contributed by atoms with van der Waals surface area (Å²) in [6, 6.07) is 2.16. The van der Waals surface area contributed by atoms with Gasteiger partial charge in [-0.05, 0) is 39.7 Å². The first-order valence-corrected chi connectivity index (χ1v) is 7.27. The van der Waals surface area contributed by atoms with Crippen LogP contribution in [-0.2, 0) is 12.8 Å². The lowest BCUT2D eigenvalue weighted by Gasteiger charge is -2.13. The van der Waals surface area contributed by atoms with Gasteiger partial charge in [0.1, 0.15) is 11.6 Å². The number of nitrogens with one attached hydrogen (secondary N) is 1. The van der Waals surface area contributed by atoms with Crippen LogP contribution >= 0.6 is 0 Å². The Kier molecular flexibility index (Phi) is 4.37. The maximum atomic E-state index is 4.67. The average molecular weight is 273 g/mol. The Morgan fingerprint density at radius 1 is 1.10 bits per heavy atom. The van der Waals surface area contributed by atoms with E-state index in [4.69, 9.17) is 0 Å². The van der Waals surface area contributed by atoms with Gasteiger partial charge in [-0.1, -0.05) is 13.8 Å². The van der Waals surface area contributed by atoms with E-state index in [1.165, 1.54) is 5.69 Å². The minimum absolute atomic E-state index is 0.761. The first kappa shape index (κ1) is 14.5. The van der Waals surface area contributed by atoms with Crippen molar-refractivity contribution in [2.45, 2.75) is 47.5 Å². The molecule has 5 heteroatoms. The van der Waals surface area contributed by atoms with E-state index in [9.17, 15) is 0 Å². The van der Waals surface area contributed by atoms with Crippen LogP contribution in [0.2, 0.25) is 0 Å². The van der Waals surface area contributed by atoms with Crippen molar-refractivity contribution in [2.75, 3.05) is 11.9 Å². The monoisotopic (exact) mass is 273 g/mol. The lowest BCUT2D eigenvalue weighted by molar-refractivity contribution is 0.756. The first-order chi connectivity index (χ1) is 9.60. The molecule has 0 bridgehead atoms. The van der Waals surface area contributed by atoms with E-state index in [-0.39, 0.29) is 0 Å². The number of nitrogens with zero attached hydrogens (tertiary/aromatic N) is 4. The summed E-state index contributed by atoms with van der Waals surface area (Å²) in [5.41, 5.74) is 3.32. The predicted octanol–water partition coefficient (Wildman–Crippen LogP) is 2.84. The number of aryl methyl sites for hydroxylation is 3. The molecule has 0 amide bonds. The van der Waals surface area contributed by atoms with Crippen molar-refractivity contribution in [3.63, 3.8) is 0 Å². The summed E-state index contributed by atoms with van der Waals surface area (Å²) in [6.07, 6.45) is 1.87. The van der Waals surface area contributed by atoms with Crippen LogP contribution in [0, 0.1) is 13.8 Å². The normalized spacial score (nSPS) is 10.8. The summed E-state index contributed by atoms with van der Waals surface area (Å²) in [7, 11) is 0. The van der Waals surface area contributed by atoms with Gasteiger partial charge in [-0.2, -0.15) is 5.10 Å². The number of aromatic nitrogens is 4. The minimum Gasteiger partial charge on any atom is -0.370 e. The molecule has 0 saturated carbocycles. The highest BCUT2D eigenvalue weighted by molar-refractivity contribution is 5.51. The smallest absolute Gasteiger partial charge is 0.162 e. The van der Waals surface area contributed by atoms with Gasteiger partial charge in [0.15, 0.2) is 5.82 Å². The zero-order valence-corrected chi connectivity index (χ0v) is 13.0. The molecule has 2 rings (SSSR count). The molecule has 108 valence electrons. The summed E-state index contributed by atoms with van der Waals surface area (Å²) in [5.74, 6) is 2.53.